The Bertz CT molecular complexity index is 743. The van der Waals surface area contributed by atoms with Crippen LogP contribution in [0.25, 0.3) is 0 Å². The molecule has 1 rings (SSSR count). The molecule has 25 heavy (non-hydrogen) atoms. The first-order valence-corrected chi connectivity index (χ1v) is 6.89. The predicted octanol–water partition coefficient (Wildman–Crippen LogP) is 4.59. The highest BCUT2D eigenvalue weighted by molar-refractivity contribution is 7.88. The second-order valence-corrected chi connectivity index (χ2v) is 5.81. The summed E-state index contributed by atoms with van der Waals surface area (Å²) in [5.74, 6) is -2.38. The van der Waals surface area contributed by atoms with Gasteiger partial charge in [0.15, 0.2) is 5.75 Å². The molecule has 0 bridgehead atoms. The third-order valence-corrected chi connectivity index (χ3v) is 3.72. The van der Waals surface area contributed by atoms with E-state index in [2.05, 4.69) is 4.18 Å². The number of hydrogen-bond acceptors (Lipinski definition) is 3. The number of alkyl halides is 11. The van der Waals surface area contributed by atoms with Gasteiger partial charge in [0.25, 0.3) is 0 Å². The van der Waals surface area contributed by atoms with Crippen molar-refractivity contribution < 1.29 is 60.9 Å². The molecule has 0 N–H and O–H groups in total. The first kappa shape index (κ1) is 21.2. The van der Waals surface area contributed by atoms with Gasteiger partial charge >= 0.3 is 33.9 Å². The van der Waals surface area contributed by atoms with E-state index in [4.69, 9.17) is 0 Å². The third kappa shape index (κ3) is 4.07. The molecule has 1 aromatic rings. The molecule has 0 aliphatic rings. The molecule has 15 heteroatoms. The van der Waals surface area contributed by atoms with E-state index in [0.29, 0.717) is 0 Å². The summed E-state index contributed by atoms with van der Waals surface area (Å²) in [6.45, 7) is 0. The Hall–Kier alpha value is -1.80. The fraction of sp³-hybridized carbons (Fsp3) is 0.400. The van der Waals surface area contributed by atoms with Crippen LogP contribution in [0.1, 0.15) is 11.1 Å². The molecule has 0 aliphatic carbocycles. The van der Waals surface area contributed by atoms with Gasteiger partial charge in [-0.25, -0.2) is 0 Å². The highest BCUT2D eigenvalue weighted by Gasteiger charge is 2.69. The van der Waals surface area contributed by atoms with E-state index in [-0.39, 0.29) is 18.2 Å². The molecule has 1 aromatic carbocycles. The van der Waals surface area contributed by atoms with Crippen LogP contribution in [0.2, 0.25) is 0 Å². The average molecular weight is 412 g/mol. The molecule has 3 nitrogen and oxygen atoms in total. The second kappa shape index (κ2) is 5.88. The van der Waals surface area contributed by atoms with Crippen molar-refractivity contribution in [2.45, 2.75) is 23.8 Å². The molecule has 0 heterocycles. The van der Waals surface area contributed by atoms with Crippen molar-refractivity contribution in [3.8, 4) is 5.75 Å². The summed E-state index contributed by atoms with van der Waals surface area (Å²) in [6.07, 6.45) is -18.5. The molecule has 144 valence electrons. The van der Waals surface area contributed by atoms with Crippen LogP contribution < -0.4 is 4.18 Å². The van der Waals surface area contributed by atoms with Gasteiger partial charge in [0.1, 0.15) is 5.56 Å². The highest BCUT2D eigenvalue weighted by atomic mass is 32.2. The van der Waals surface area contributed by atoms with Crippen molar-refractivity contribution in [2.24, 2.45) is 0 Å². The zero-order valence-electron chi connectivity index (χ0n) is 11.0. The molecule has 0 radical (unpaired) electrons. The van der Waals surface area contributed by atoms with E-state index in [9.17, 15) is 56.7 Å². The first-order valence-electron chi connectivity index (χ1n) is 5.48. The monoisotopic (exact) mass is 412 g/mol. The van der Waals surface area contributed by atoms with Crippen molar-refractivity contribution in [3.05, 3.63) is 29.3 Å². The molecule has 0 saturated carbocycles. The van der Waals surface area contributed by atoms with Gasteiger partial charge in [-0.3, -0.25) is 0 Å². The molecule has 0 atom stereocenters. The molecule has 0 amide bonds. The van der Waals surface area contributed by atoms with E-state index in [0.717, 1.165) is 0 Å². The van der Waals surface area contributed by atoms with Crippen molar-refractivity contribution in [1.82, 2.24) is 0 Å². The summed E-state index contributed by atoms with van der Waals surface area (Å²) in [5, 5.41) is -6.67. The van der Waals surface area contributed by atoms with E-state index in [1.165, 1.54) is 0 Å². The van der Waals surface area contributed by atoms with Gasteiger partial charge in [-0.15, -0.1) is 0 Å². The number of hydrogen-bond donors (Lipinski definition) is 0. The smallest absolute Gasteiger partial charge is 0.377 e. The van der Waals surface area contributed by atoms with E-state index >= 15 is 0 Å². The minimum atomic E-state index is -7.14. The minimum Gasteiger partial charge on any atom is -0.377 e. The van der Waals surface area contributed by atoms with Crippen LogP contribution in [0.3, 0.4) is 0 Å². The van der Waals surface area contributed by atoms with Crippen LogP contribution in [0, 0.1) is 0 Å². The van der Waals surface area contributed by atoms with E-state index in [1.807, 2.05) is 0 Å². The standard InChI is InChI=1S/C10H3F11O3S/c11-7(12,13)4-2-1-3-5(6(4)8(14,15)16)24-25(22,23)10(20,21)9(17,18)19/h1-3H. The van der Waals surface area contributed by atoms with Crippen LogP contribution in [0.15, 0.2) is 18.2 Å². The maximum Gasteiger partial charge on any atom is 0.475 e. The molecular weight excluding hydrogens is 409 g/mol. The molecule has 0 spiro atoms. The Morgan fingerprint density at radius 2 is 1.24 bits per heavy atom. The summed E-state index contributed by atoms with van der Waals surface area (Å²) >= 11 is 0. The van der Waals surface area contributed by atoms with Crippen LogP contribution in [-0.4, -0.2) is 19.8 Å². The Balaban J connectivity index is 3.61. The van der Waals surface area contributed by atoms with Crippen LogP contribution in [0.4, 0.5) is 48.3 Å². The summed E-state index contributed by atoms with van der Waals surface area (Å²) in [6, 6.07) is -0.207. The zero-order chi connectivity index (χ0) is 20.1. The molecule has 0 unspecified atom stereocenters. The molecule has 0 aromatic heterocycles. The summed E-state index contributed by atoms with van der Waals surface area (Å²) in [4.78, 5) is 0. The topological polar surface area (TPSA) is 43.4 Å². The lowest BCUT2D eigenvalue weighted by atomic mass is 10.1. The fourth-order valence-electron chi connectivity index (χ4n) is 1.44. The van der Waals surface area contributed by atoms with Crippen LogP contribution in [-0.2, 0) is 22.5 Å². The lowest BCUT2D eigenvalue weighted by molar-refractivity contribution is -0.243. The Kier molecular flexibility index (Phi) is 4.99. The predicted molar refractivity (Wildman–Crippen MR) is 57.0 cm³/mol. The normalized spacial score (nSPS) is 14.5. The minimum absolute atomic E-state index is 0.134. The fourth-order valence-corrected chi connectivity index (χ4v) is 2.20. The number of rotatable bonds is 3. The van der Waals surface area contributed by atoms with Gasteiger partial charge in [-0.2, -0.15) is 56.7 Å². The van der Waals surface area contributed by atoms with E-state index in [1.54, 1.807) is 0 Å². The molecule has 0 aliphatic heterocycles. The largest absolute Gasteiger partial charge is 0.475 e. The average Bonchev–Trinajstić information content (AvgIpc) is 2.33. The van der Waals surface area contributed by atoms with Gasteiger partial charge in [0.2, 0.25) is 0 Å². The molecule has 0 saturated heterocycles. The number of halogens is 11. The highest BCUT2D eigenvalue weighted by Crippen LogP contribution is 2.47. The maximum absolute atomic E-state index is 12.8. The van der Waals surface area contributed by atoms with Gasteiger partial charge in [0.05, 0.1) is 5.56 Å². The van der Waals surface area contributed by atoms with Crippen molar-refractivity contribution >= 4 is 10.1 Å². The van der Waals surface area contributed by atoms with Crippen LogP contribution in [0.5, 0.6) is 5.75 Å². The molecule has 0 fully saturated rings. The Morgan fingerprint density at radius 3 is 1.60 bits per heavy atom. The molecular formula is C10H3F11O3S. The van der Waals surface area contributed by atoms with Gasteiger partial charge in [0, 0.05) is 0 Å². The van der Waals surface area contributed by atoms with Crippen LogP contribution >= 0.6 is 0 Å². The Labute approximate surface area is 131 Å². The third-order valence-electron chi connectivity index (χ3n) is 2.46. The Morgan fingerprint density at radius 1 is 0.760 bits per heavy atom. The first-order chi connectivity index (χ1) is 10.8. The van der Waals surface area contributed by atoms with Gasteiger partial charge in [-0.1, -0.05) is 6.07 Å². The van der Waals surface area contributed by atoms with Gasteiger partial charge in [-0.05, 0) is 12.1 Å². The van der Waals surface area contributed by atoms with Crippen molar-refractivity contribution in [1.29, 1.82) is 0 Å². The lowest BCUT2D eigenvalue weighted by Crippen LogP contribution is -2.46. The zero-order valence-corrected chi connectivity index (χ0v) is 11.8. The summed E-state index contributed by atoms with van der Waals surface area (Å²) in [7, 11) is -7.14. The van der Waals surface area contributed by atoms with Gasteiger partial charge < -0.3 is 4.18 Å². The quantitative estimate of drug-likeness (QED) is 0.539. The van der Waals surface area contributed by atoms with Crippen molar-refractivity contribution in [3.63, 3.8) is 0 Å². The SMILES string of the molecule is O=S(=O)(Oc1cccc(C(F)(F)F)c1C(F)(F)F)C(F)(F)C(F)(F)F. The summed E-state index contributed by atoms with van der Waals surface area (Å²) in [5.41, 5.74) is -5.41. The number of benzene rings is 1. The maximum atomic E-state index is 12.8. The lowest BCUT2D eigenvalue weighted by Gasteiger charge is -2.22. The van der Waals surface area contributed by atoms with E-state index < -0.39 is 50.8 Å². The second-order valence-electron chi connectivity index (χ2n) is 4.23. The van der Waals surface area contributed by atoms with Crippen molar-refractivity contribution in [2.75, 3.05) is 0 Å². The summed E-state index contributed by atoms with van der Waals surface area (Å²) < 4.78 is 163.